The molecule has 0 aromatic heterocycles. The molecule has 0 radical (unpaired) electrons. The van der Waals surface area contributed by atoms with E-state index in [0.717, 1.165) is 0 Å². The molecule has 0 aliphatic carbocycles. The smallest absolute Gasteiger partial charge is 0.269 e. The third-order valence-corrected chi connectivity index (χ3v) is 3.93. The summed E-state index contributed by atoms with van der Waals surface area (Å²) in [6.45, 7) is 0. The van der Waals surface area contributed by atoms with Crippen molar-refractivity contribution in [2.45, 2.75) is 0 Å². The molecular formula is C20H14N6O5. The zero-order chi connectivity index (χ0) is 22.2. The highest BCUT2D eigenvalue weighted by Crippen LogP contribution is 2.19. The third kappa shape index (κ3) is 5.60. The van der Waals surface area contributed by atoms with Gasteiger partial charge >= 0.3 is 0 Å². The van der Waals surface area contributed by atoms with Gasteiger partial charge < -0.3 is 0 Å². The Morgan fingerprint density at radius 1 is 0.774 bits per heavy atom. The average Bonchev–Trinajstić information content (AvgIpc) is 2.80. The minimum absolute atomic E-state index is 0.0898. The van der Waals surface area contributed by atoms with E-state index in [2.05, 4.69) is 20.8 Å². The Morgan fingerprint density at radius 3 is 1.87 bits per heavy atom. The maximum Gasteiger partial charge on any atom is 0.269 e. The predicted molar refractivity (Wildman–Crippen MR) is 113 cm³/mol. The van der Waals surface area contributed by atoms with Crippen molar-refractivity contribution in [1.29, 1.82) is 0 Å². The zero-order valence-corrected chi connectivity index (χ0v) is 15.8. The lowest BCUT2D eigenvalue weighted by Crippen LogP contribution is -2.13. The first-order valence-electron chi connectivity index (χ1n) is 8.78. The number of rotatable bonds is 7. The number of carbonyl (C=O) groups excluding carboxylic acids is 1. The lowest BCUT2D eigenvalue weighted by Gasteiger charge is -2.03. The van der Waals surface area contributed by atoms with Gasteiger partial charge in [0.1, 0.15) is 0 Å². The average molecular weight is 418 g/mol. The number of anilines is 1. The highest BCUT2D eigenvalue weighted by atomic mass is 16.6. The van der Waals surface area contributed by atoms with Crippen molar-refractivity contribution in [3.63, 3.8) is 0 Å². The fourth-order valence-electron chi connectivity index (χ4n) is 2.36. The van der Waals surface area contributed by atoms with Crippen LogP contribution < -0.4 is 5.43 Å². The van der Waals surface area contributed by atoms with Gasteiger partial charge in [0.25, 0.3) is 11.4 Å². The van der Waals surface area contributed by atoms with Crippen LogP contribution in [0.2, 0.25) is 0 Å². The summed E-state index contributed by atoms with van der Waals surface area (Å²) in [6, 6.07) is 19.0. The molecule has 1 N–H and O–H groups in total. The molecule has 11 heteroatoms. The number of ketones is 1. The first kappa shape index (κ1) is 20.9. The molecule has 31 heavy (non-hydrogen) atoms. The van der Waals surface area contributed by atoms with Gasteiger partial charge in [0.2, 0.25) is 11.6 Å². The van der Waals surface area contributed by atoms with Crippen molar-refractivity contribution >= 4 is 34.4 Å². The Morgan fingerprint density at radius 2 is 1.32 bits per heavy atom. The van der Waals surface area contributed by atoms with Crippen LogP contribution in [0.15, 0.2) is 94.2 Å². The van der Waals surface area contributed by atoms with E-state index in [0.29, 0.717) is 11.3 Å². The number of nitro benzene ring substituents is 2. The van der Waals surface area contributed by atoms with E-state index >= 15 is 0 Å². The number of Topliss-reactive ketones (excluding diaryl/α,β-unsaturated/α-hetero) is 1. The second-order valence-electron chi connectivity index (χ2n) is 6.02. The van der Waals surface area contributed by atoms with Crippen LogP contribution >= 0.6 is 0 Å². The molecule has 154 valence electrons. The quantitative estimate of drug-likeness (QED) is 0.144. The highest BCUT2D eigenvalue weighted by molar-refractivity contribution is 6.45. The van der Waals surface area contributed by atoms with Gasteiger partial charge in [-0.05, 0) is 24.3 Å². The number of nitrogens with one attached hydrogen (secondary N) is 1. The van der Waals surface area contributed by atoms with E-state index in [9.17, 15) is 25.0 Å². The number of amidine groups is 1. The van der Waals surface area contributed by atoms with Gasteiger partial charge in [-0.1, -0.05) is 30.3 Å². The lowest BCUT2D eigenvalue weighted by molar-refractivity contribution is -0.385. The Balaban J connectivity index is 1.86. The molecule has 0 atom stereocenters. The molecule has 11 nitrogen and oxygen atoms in total. The molecule has 0 bridgehead atoms. The van der Waals surface area contributed by atoms with Crippen LogP contribution in [0.5, 0.6) is 0 Å². The first-order chi connectivity index (χ1) is 14.9. The molecule has 3 aromatic rings. The number of hydrogen-bond acceptors (Lipinski definition) is 8. The molecule has 0 heterocycles. The van der Waals surface area contributed by atoms with Crippen molar-refractivity contribution in [2.24, 2.45) is 15.3 Å². The number of azo groups is 1. The van der Waals surface area contributed by atoms with Gasteiger partial charge in [-0.25, -0.2) is 0 Å². The summed E-state index contributed by atoms with van der Waals surface area (Å²) in [4.78, 5) is 33.2. The maximum atomic E-state index is 12.8. The normalized spacial score (nSPS) is 11.3. The molecule has 3 aromatic carbocycles. The van der Waals surface area contributed by atoms with E-state index in [4.69, 9.17) is 0 Å². The summed E-state index contributed by atoms with van der Waals surface area (Å²) in [5, 5.41) is 33.3. The number of hydrazone groups is 1. The summed E-state index contributed by atoms with van der Waals surface area (Å²) >= 11 is 0. The van der Waals surface area contributed by atoms with Crippen LogP contribution in [0.3, 0.4) is 0 Å². The van der Waals surface area contributed by atoms with Crippen LogP contribution in [0.4, 0.5) is 22.7 Å². The molecule has 0 aliphatic heterocycles. The number of benzene rings is 3. The molecule has 0 amide bonds. The Kier molecular flexibility index (Phi) is 6.48. The molecule has 0 saturated carbocycles. The minimum Gasteiger partial charge on any atom is -0.285 e. The van der Waals surface area contributed by atoms with Crippen LogP contribution in [0.1, 0.15) is 10.4 Å². The van der Waals surface area contributed by atoms with Gasteiger partial charge in [0.05, 0.1) is 21.2 Å². The summed E-state index contributed by atoms with van der Waals surface area (Å²) in [5.41, 5.74) is 3.44. The van der Waals surface area contributed by atoms with Gasteiger partial charge in [-0.2, -0.15) is 0 Å². The molecule has 0 aliphatic rings. The fourth-order valence-corrected chi connectivity index (χ4v) is 2.36. The van der Waals surface area contributed by atoms with Crippen molar-refractivity contribution in [2.75, 3.05) is 5.43 Å². The van der Waals surface area contributed by atoms with Gasteiger partial charge in [0.15, 0.2) is 0 Å². The van der Waals surface area contributed by atoms with Gasteiger partial charge in [-0.3, -0.25) is 30.4 Å². The zero-order valence-electron chi connectivity index (χ0n) is 15.8. The summed E-state index contributed by atoms with van der Waals surface area (Å²) in [7, 11) is 0. The second kappa shape index (κ2) is 9.60. The van der Waals surface area contributed by atoms with Crippen LogP contribution in [0, 0.1) is 20.2 Å². The molecule has 0 spiro atoms. The number of non-ortho nitro benzene ring substituents is 2. The van der Waals surface area contributed by atoms with Gasteiger partial charge in [-0.15, -0.1) is 15.3 Å². The van der Waals surface area contributed by atoms with E-state index < -0.39 is 15.6 Å². The van der Waals surface area contributed by atoms with Gasteiger partial charge in [0, 0.05) is 29.8 Å². The van der Waals surface area contributed by atoms with E-state index in [-0.39, 0.29) is 22.9 Å². The van der Waals surface area contributed by atoms with Crippen LogP contribution in [-0.2, 0) is 0 Å². The molecule has 3 rings (SSSR count). The molecule has 0 unspecified atom stereocenters. The van der Waals surface area contributed by atoms with E-state index in [1.165, 1.54) is 48.5 Å². The van der Waals surface area contributed by atoms with E-state index in [1.807, 2.05) is 0 Å². The SMILES string of the molecule is O=C(/C(N=Nc1ccc([N+](=O)[O-])cc1)=N\Nc1ccc([N+](=O)[O-])cc1)c1ccccc1. The number of nitrogens with zero attached hydrogens (tertiary/aromatic N) is 5. The Labute approximate surface area is 175 Å². The fraction of sp³-hybridized carbons (Fsp3) is 0. The van der Waals surface area contributed by atoms with Crippen molar-refractivity contribution in [3.05, 3.63) is 105 Å². The summed E-state index contributed by atoms with van der Waals surface area (Å²) in [6.07, 6.45) is 0. The van der Waals surface area contributed by atoms with E-state index in [1.54, 1.807) is 30.3 Å². The summed E-state index contributed by atoms with van der Waals surface area (Å²) in [5.74, 6) is -0.788. The Bertz CT molecular complexity index is 1160. The van der Waals surface area contributed by atoms with Crippen molar-refractivity contribution in [1.82, 2.24) is 0 Å². The maximum absolute atomic E-state index is 12.8. The second-order valence-corrected chi connectivity index (χ2v) is 6.02. The van der Waals surface area contributed by atoms with Crippen LogP contribution in [-0.4, -0.2) is 21.5 Å². The number of nitro groups is 2. The topological polar surface area (TPSA) is 152 Å². The van der Waals surface area contributed by atoms with Crippen molar-refractivity contribution < 1.29 is 14.6 Å². The first-order valence-corrected chi connectivity index (χ1v) is 8.78. The van der Waals surface area contributed by atoms with Crippen molar-refractivity contribution in [3.8, 4) is 0 Å². The predicted octanol–water partition coefficient (Wildman–Crippen LogP) is 4.90. The Hall–Kier alpha value is -4.80. The number of carbonyl (C=O) groups is 1. The monoisotopic (exact) mass is 418 g/mol. The largest absolute Gasteiger partial charge is 0.285 e. The molecule has 0 saturated heterocycles. The molecular weight excluding hydrogens is 404 g/mol. The molecule has 0 fully saturated rings. The third-order valence-electron chi connectivity index (χ3n) is 3.93. The minimum atomic E-state index is -0.541. The van der Waals surface area contributed by atoms with Crippen LogP contribution in [0.25, 0.3) is 0 Å². The highest BCUT2D eigenvalue weighted by Gasteiger charge is 2.14. The number of hydrogen-bond donors (Lipinski definition) is 1. The standard InChI is InChI=1S/C20H14N6O5/c27-19(14-4-2-1-3-5-14)20(23-21-15-6-10-17(11-7-15)25(28)29)24-22-16-8-12-18(13-9-16)26(30)31/h1-13,21H/b23-20+,24-22?. The lowest BCUT2D eigenvalue weighted by atomic mass is 10.1. The summed E-state index contributed by atoms with van der Waals surface area (Å²) < 4.78 is 0.